The van der Waals surface area contributed by atoms with Gasteiger partial charge in [-0.1, -0.05) is 6.92 Å². The minimum Gasteiger partial charge on any atom is -0.354 e. The Labute approximate surface area is 156 Å². The molecule has 2 aliphatic rings. The molecule has 9 nitrogen and oxygen atoms in total. The summed E-state index contributed by atoms with van der Waals surface area (Å²) < 4.78 is 3.50. The molecular formula is C18H22N8O. The highest BCUT2D eigenvalue weighted by molar-refractivity contribution is 5.92. The van der Waals surface area contributed by atoms with Crippen LogP contribution in [0.5, 0.6) is 0 Å². The summed E-state index contributed by atoms with van der Waals surface area (Å²) in [5, 5.41) is 17.3. The van der Waals surface area contributed by atoms with Crippen LogP contribution >= 0.6 is 0 Å². The van der Waals surface area contributed by atoms with Crippen LogP contribution in [0.25, 0.3) is 5.65 Å². The van der Waals surface area contributed by atoms with E-state index in [-0.39, 0.29) is 5.91 Å². The van der Waals surface area contributed by atoms with Crippen LogP contribution in [0.4, 0.5) is 5.82 Å². The lowest BCUT2D eigenvalue weighted by Crippen LogP contribution is -2.33. The second kappa shape index (κ2) is 6.04. The predicted molar refractivity (Wildman–Crippen MR) is 98.5 cm³/mol. The molecule has 0 spiro atoms. The van der Waals surface area contributed by atoms with Gasteiger partial charge in [0.05, 0.1) is 0 Å². The van der Waals surface area contributed by atoms with Gasteiger partial charge in [0.2, 0.25) is 0 Å². The smallest absolute Gasteiger partial charge is 0.274 e. The molecule has 140 valence electrons. The number of nitrogens with zero attached hydrogens (tertiary/aromatic N) is 8. The van der Waals surface area contributed by atoms with Crippen molar-refractivity contribution >= 4 is 17.4 Å². The summed E-state index contributed by atoms with van der Waals surface area (Å²) in [5.74, 6) is 2.81. The maximum atomic E-state index is 12.6. The topological polar surface area (TPSA) is 84.5 Å². The first kappa shape index (κ1) is 16.2. The van der Waals surface area contributed by atoms with Gasteiger partial charge >= 0.3 is 0 Å². The van der Waals surface area contributed by atoms with Crippen LogP contribution < -0.4 is 4.90 Å². The zero-order valence-corrected chi connectivity index (χ0v) is 15.5. The predicted octanol–water partition coefficient (Wildman–Crippen LogP) is 0.629. The Morgan fingerprint density at radius 3 is 2.52 bits per heavy atom. The van der Waals surface area contributed by atoms with Gasteiger partial charge in [-0.05, 0) is 18.2 Å². The minimum absolute atomic E-state index is 0.0353. The van der Waals surface area contributed by atoms with Gasteiger partial charge in [-0.25, -0.2) is 0 Å². The molecule has 9 heteroatoms. The molecule has 3 aromatic rings. The molecule has 0 bridgehead atoms. The molecule has 3 aromatic heterocycles. The van der Waals surface area contributed by atoms with E-state index in [1.54, 1.807) is 10.7 Å². The summed E-state index contributed by atoms with van der Waals surface area (Å²) in [6.07, 6.45) is 2.61. The van der Waals surface area contributed by atoms with Gasteiger partial charge < -0.3 is 9.80 Å². The first-order valence-electron chi connectivity index (χ1n) is 9.37. The number of rotatable bonds is 3. The SMILES string of the molecule is CCc1nnc2ccc(N3CC4CN(C(=O)c5ccn(C)n5)CC4C3)nn12. The number of aryl methyl sites for hydroxylation is 2. The second-order valence-electron chi connectivity index (χ2n) is 7.44. The second-order valence-corrected chi connectivity index (χ2v) is 7.44. The van der Waals surface area contributed by atoms with Gasteiger partial charge in [0.1, 0.15) is 11.5 Å². The Balaban J connectivity index is 1.30. The summed E-state index contributed by atoms with van der Waals surface area (Å²) in [5.41, 5.74) is 1.31. The highest BCUT2D eigenvalue weighted by atomic mass is 16.2. The largest absolute Gasteiger partial charge is 0.354 e. The Bertz CT molecular complexity index is 994. The monoisotopic (exact) mass is 366 g/mol. The van der Waals surface area contributed by atoms with Crippen molar-refractivity contribution in [1.82, 2.24) is 34.5 Å². The molecule has 0 aromatic carbocycles. The van der Waals surface area contributed by atoms with Gasteiger partial charge in [0, 0.05) is 57.7 Å². The van der Waals surface area contributed by atoms with E-state index in [0.29, 0.717) is 17.5 Å². The summed E-state index contributed by atoms with van der Waals surface area (Å²) in [6.45, 7) is 5.45. The third kappa shape index (κ3) is 2.65. The number of hydrogen-bond acceptors (Lipinski definition) is 6. The van der Waals surface area contributed by atoms with E-state index in [2.05, 4.69) is 27.1 Å². The molecule has 27 heavy (non-hydrogen) atoms. The fourth-order valence-corrected chi connectivity index (χ4v) is 4.25. The molecule has 5 rings (SSSR count). The third-order valence-electron chi connectivity index (χ3n) is 5.66. The van der Waals surface area contributed by atoms with E-state index in [1.807, 2.05) is 34.8 Å². The molecule has 2 aliphatic heterocycles. The molecule has 5 heterocycles. The molecule has 2 fully saturated rings. The first-order chi connectivity index (χ1) is 13.1. The third-order valence-corrected chi connectivity index (χ3v) is 5.66. The van der Waals surface area contributed by atoms with Crippen molar-refractivity contribution in [3.05, 3.63) is 35.9 Å². The quantitative estimate of drug-likeness (QED) is 0.676. The zero-order chi connectivity index (χ0) is 18.5. The van der Waals surface area contributed by atoms with Gasteiger partial charge in [0.15, 0.2) is 11.5 Å². The lowest BCUT2D eigenvalue weighted by molar-refractivity contribution is 0.0776. The fraction of sp³-hybridized carbons (Fsp3) is 0.500. The Morgan fingerprint density at radius 2 is 1.85 bits per heavy atom. The molecule has 0 aliphatic carbocycles. The van der Waals surface area contributed by atoms with E-state index in [4.69, 9.17) is 5.10 Å². The normalized spacial score (nSPS) is 22.0. The number of carbonyl (C=O) groups excluding carboxylic acids is 1. The van der Waals surface area contributed by atoms with Crippen LogP contribution in [0, 0.1) is 11.8 Å². The summed E-state index contributed by atoms with van der Waals surface area (Å²) >= 11 is 0. The number of carbonyl (C=O) groups is 1. The van der Waals surface area contributed by atoms with Crippen molar-refractivity contribution < 1.29 is 4.79 Å². The van der Waals surface area contributed by atoms with E-state index >= 15 is 0 Å². The van der Waals surface area contributed by atoms with Crippen LogP contribution in [-0.2, 0) is 13.5 Å². The van der Waals surface area contributed by atoms with Gasteiger partial charge in [-0.15, -0.1) is 15.3 Å². The minimum atomic E-state index is 0.0353. The number of anilines is 1. The first-order valence-corrected chi connectivity index (χ1v) is 9.37. The Kier molecular flexibility index (Phi) is 3.63. The Morgan fingerprint density at radius 1 is 1.07 bits per heavy atom. The lowest BCUT2D eigenvalue weighted by Gasteiger charge is -2.22. The van der Waals surface area contributed by atoms with Gasteiger partial charge in [-0.2, -0.15) is 9.61 Å². The highest BCUT2D eigenvalue weighted by Crippen LogP contribution is 2.33. The molecule has 0 saturated carbocycles. The maximum Gasteiger partial charge on any atom is 0.274 e. The average molecular weight is 366 g/mol. The molecule has 2 unspecified atom stereocenters. The molecule has 1 amide bonds. The van der Waals surface area contributed by atoms with Gasteiger partial charge in [0.25, 0.3) is 5.91 Å². The van der Waals surface area contributed by atoms with Crippen LogP contribution in [0.15, 0.2) is 24.4 Å². The average Bonchev–Trinajstić information content (AvgIpc) is 3.42. The number of likely N-dealkylation sites (tertiary alicyclic amines) is 1. The molecule has 2 atom stereocenters. The van der Waals surface area contributed by atoms with E-state index < -0.39 is 0 Å². The van der Waals surface area contributed by atoms with Crippen molar-refractivity contribution in [3.8, 4) is 0 Å². The number of amides is 1. The van der Waals surface area contributed by atoms with Crippen molar-refractivity contribution in [2.75, 3.05) is 31.1 Å². The number of fused-ring (bicyclic) bond motifs is 2. The van der Waals surface area contributed by atoms with Crippen molar-refractivity contribution in [1.29, 1.82) is 0 Å². The van der Waals surface area contributed by atoms with E-state index in [1.165, 1.54) is 0 Å². The van der Waals surface area contributed by atoms with Crippen molar-refractivity contribution in [2.24, 2.45) is 18.9 Å². The summed E-state index contributed by atoms with van der Waals surface area (Å²) in [4.78, 5) is 16.9. The highest BCUT2D eigenvalue weighted by Gasteiger charge is 2.42. The zero-order valence-electron chi connectivity index (χ0n) is 15.5. The number of hydrogen-bond donors (Lipinski definition) is 0. The summed E-state index contributed by atoms with van der Waals surface area (Å²) in [6, 6.07) is 5.77. The van der Waals surface area contributed by atoms with E-state index in [0.717, 1.165) is 49.9 Å². The van der Waals surface area contributed by atoms with Crippen LogP contribution in [0.1, 0.15) is 23.2 Å². The van der Waals surface area contributed by atoms with Gasteiger partial charge in [-0.3, -0.25) is 9.48 Å². The lowest BCUT2D eigenvalue weighted by atomic mass is 10.0. The molecular weight excluding hydrogens is 344 g/mol. The fourth-order valence-electron chi connectivity index (χ4n) is 4.25. The molecule has 0 N–H and O–H groups in total. The molecule has 0 radical (unpaired) electrons. The Hall–Kier alpha value is -2.97. The van der Waals surface area contributed by atoms with Crippen LogP contribution in [0.3, 0.4) is 0 Å². The summed E-state index contributed by atoms with van der Waals surface area (Å²) in [7, 11) is 1.83. The van der Waals surface area contributed by atoms with Crippen LogP contribution in [-0.4, -0.2) is 66.6 Å². The molecule has 2 saturated heterocycles. The standard InChI is InChI=1S/C18H22N8O/c1-3-15-19-20-16-4-5-17(22-26(15)16)24-8-12-10-25(11-13(12)9-24)18(27)14-6-7-23(2)21-14/h4-7,12-13H,3,8-11H2,1-2H3. The van der Waals surface area contributed by atoms with Crippen molar-refractivity contribution in [2.45, 2.75) is 13.3 Å². The van der Waals surface area contributed by atoms with Crippen LogP contribution in [0.2, 0.25) is 0 Å². The maximum absolute atomic E-state index is 12.6. The van der Waals surface area contributed by atoms with Crippen molar-refractivity contribution in [3.63, 3.8) is 0 Å². The van der Waals surface area contributed by atoms with E-state index in [9.17, 15) is 4.79 Å². The number of aromatic nitrogens is 6.